The SMILES string of the molecule is Cc1ccc(Nc2cc(N3CCN(C(=O)C4CCCCC4)CC3)nc(C)n2)cc1. The molecule has 0 spiro atoms. The predicted molar refractivity (Wildman–Crippen MR) is 117 cm³/mol. The first-order chi connectivity index (χ1) is 14.1. The van der Waals surface area contributed by atoms with E-state index in [1.807, 2.05) is 13.0 Å². The molecular formula is C23H31N5O. The highest BCUT2D eigenvalue weighted by atomic mass is 16.2. The van der Waals surface area contributed by atoms with Crippen molar-refractivity contribution in [2.45, 2.75) is 46.0 Å². The van der Waals surface area contributed by atoms with Gasteiger partial charge in [0.1, 0.15) is 17.5 Å². The smallest absolute Gasteiger partial charge is 0.225 e. The van der Waals surface area contributed by atoms with E-state index in [-0.39, 0.29) is 5.92 Å². The Labute approximate surface area is 173 Å². The van der Waals surface area contributed by atoms with Crippen LogP contribution in [0.2, 0.25) is 0 Å². The average Bonchev–Trinajstić information content (AvgIpc) is 2.75. The Hall–Kier alpha value is -2.63. The van der Waals surface area contributed by atoms with E-state index in [1.165, 1.54) is 24.8 Å². The van der Waals surface area contributed by atoms with Crippen molar-refractivity contribution in [1.82, 2.24) is 14.9 Å². The van der Waals surface area contributed by atoms with Gasteiger partial charge in [-0.1, -0.05) is 37.0 Å². The van der Waals surface area contributed by atoms with Gasteiger partial charge in [-0.25, -0.2) is 9.97 Å². The van der Waals surface area contributed by atoms with Crippen molar-refractivity contribution in [3.63, 3.8) is 0 Å². The van der Waals surface area contributed by atoms with Gasteiger partial charge < -0.3 is 15.1 Å². The van der Waals surface area contributed by atoms with Crippen molar-refractivity contribution in [2.24, 2.45) is 5.92 Å². The van der Waals surface area contributed by atoms with Gasteiger partial charge in [-0.2, -0.15) is 0 Å². The topological polar surface area (TPSA) is 61.4 Å². The van der Waals surface area contributed by atoms with Crippen LogP contribution in [0.4, 0.5) is 17.3 Å². The number of carbonyl (C=O) groups is 1. The third-order valence-electron chi connectivity index (χ3n) is 6.02. The van der Waals surface area contributed by atoms with Crippen molar-refractivity contribution in [3.05, 3.63) is 41.7 Å². The van der Waals surface area contributed by atoms with Crippen LogP contribution in [0, 0.1) is 19.8 Å². The largest absolute Gasteiger partial charge is 0.353 e. The number of nitrogens with zero attached hydrogens (tertiary/aromatic N) is 4. The third kappa shape index (κ3) is 4.86. The average molecular weight is 394 g/mol. The number of amides is 1. The summed E-state index contributed by atoms with van der Waals surface area (Å²) in [4.78, 5) is 26.3. The molecule has 1 aromatic carbocycles. The Morgan fingerprint density at radius 2 is 1.66 bits per heavy atom. The Morgan fingerprint density at radius 3 is 2.34 bits per heavy atom. The van der Waals surface area contributed by atoms with Gasteiger partial charge in [0.2, 0.25) is 5.91 Å². The zero-order chi connectivity index (χ0) is 20.2. The maximum Gasteiger partial charge on any atom is 0.225 e. The maximum atomic E-state index is 12.8. The first-order valence-corrected chi connectivity index (χ1v) is 10.8. The van der Waals surface area contributed by atoms with Gasteiger partial charge in [-0.05, 0) is 38.8 Å². The first-order valence-electron chi connectivity index (χ1n) is 10.8. The molecule has 154 valence electrons. The van der Waals surface area contributed by atoms with Gasteiger partial charge in [0, 0.05) is 43.9 Å². The molecule has 6 nitrogen and oxygen atoms in total. The van der Waals surface area contributed by atoms with Crippen LogP contribution in [0.15, 0.2) is 30.3 Å². The van der Waals surface area contributed by atoms with Crippen LogP contribution >= 0.6 is 0 Å². The number of anilines is 3. The summed E-state index contributed by atoms with van der Waals surface area (Å²) in [6.45, 7) is 7.19. The molecule has 2 aliphatic rings. The minimum absolute atomic E-state index is 0.252. The Kier molecular flexibility index (Phi) is 5.97. The van der Waals surface area contributed by atoms with Crippen LogP contribution in [-0.2, 0) is 4.79 Å². The molecule has 0 bridgehead atoms. The minimum atomic E-state index is 0.252. The number of nitrogens with one attached hydrogen (secondary N) is 1. The van der Waals surface area contributed by atoms with Crippen LogP contribution in [-0.4, -0.2) is 47.0 Å². The molecule has 1 amide bonds. The van der Waals surface area contributed by atoms with Crippen LogP contribution in [0.3, 0.4) is 0 Å². The van der Waals surface area contributed by atoms with Gasteiger partial charge in [-0.3, -0.25) is 4.79 Å². The second-order valence-electron chi connectivity index (χ2n) is 8.30. The molecular weight excluding hydrogens is 362 g/mol. The summed E-state index contributed by atoms with van der Waals surface area (Å²) < 4.78 is 0. The fourth-order valence-corrected chi connectivity index (χ4v) is 4.33. The number of aromatic nitrogens is 2. The van der Waals surface area contributed by atoms with Crippen molar-refractivity contribution < 1.29 is 4.79 Å². The molecule has 0 radical (unpaired) electrons. The van der Waals surface area contributed by atoms with E-state index in [4.69, 9.17) is 0 Å². The normalized spacial score (nSPS) is 18.0. The summed E-state index contributed by atoms with van der Waals surface area (Å²) >= 11 is 0. The second kappa shape index (κ2) is 8.80. The summed E-state index contributed by atoms with van der Waals surface area (Å²) in [5.74, 6) is 3.10. The number of aryl methyl sites for hydroxylation is 2. The van der Waals surface area contributed by atoms with Crippen LogP contribution < -0.4 is 10.2 Å². The Balaban J connectivity index is 1.39. The van der Waals surface area contributed by atoms with E-state index in [1.54, 1.807) is 0 Å². The number of hydrogen-bond acceptors (Lipinski definition) is 5. The van der Waals surface area contributed by atoms with Gasteiger partial charge in [0.25, 0.3) is 0 Å². The highest BCUT2D eigenvalue weighted by molar-refractivity contribution is 5.79. The molecule has 2 aromatic rings. The van der Waals surface area contributed by atoms with E-state index in [2.05, 4.69) is 56.3 Å². The quantitative estimate of drug-likeness (QED) is 0.849. The molecule has 29 heavy (non-hydrogen) atoms. The maximum absolute atomic E-state index is 12.8. The highest BCUT2D eigenvalue weighted by Crippen LogP contribution is 2.27. The lowest BCUT2D eigenvalue weighted by Gasteiger charge is -2.37. The highest BCUT2D eigenvalue weighted by Gasteiger charge is 2.28. The number of carbonyl (C=O) groups excluding carboxylic acids is 1. The lowest BCUT2D eigenvalue weighted by molar-refractivity contribution is -0.136. The minimum Gasteiger partial charge on any atom is -0.353 e. The van der Waals surface area contributed by atoms with Crippen LogP contribution in [0.25, 0.3) is 0 Å². The van der Waals surface area contributed by atoms with Crippen molar-refractivity contribution in [2.75, 3.05) is 36.4 Å². The van der Waals surface area contributed by atoms with Gasteiger partial charge in [0.05, 0.1) is 0 Å². The standard InChI is InChI=1S/C23H31N5O/c1-17-8-10-20(11-9-17)26-21-16-22(25-18(2)24-21)27-12-14-28(15-13-27)23(29)19-6-4-3-5-7-19/h8-11,16,19H,3-7,12-15H2,1-2H3,(H,24,25,26). The Bertz CT molecular complexity index is 837. The molecule has 4 rings (SSSR count). The monoisotopic (exact) mass is 393 g/mol. The zero-order valence-corrected chi connectivity index (χ0v) is 17.5. The summed E-state index contributed by atoms with van der Waals surface area (Å²) in [7, 11) is 0. The van der Waals surface area contributed by atoms with Gasteiger partial charge in [0.15, 0.2) is 0 Å². The summed E-state index contributed by atoms with van der Waals surface area (Å²) in [5.41, 5.74) is 2.25. The molecule has 1 saturated heterocycles. The summed E-state index contributed by atoms with van der Waals surface area (Å²) in [6.07, 6.45) is 5.82. The lowest BCUT2D eigenvalue weighted by Crippen LogP contribution is -2.50. The number of hydrogen-bond donors (Lipinski definition) is 1. The molecule has 2 fully saturated rings. The summed E-state index contributed by atoms with van der Waals surface area (Å²) in [5, 5.41) is 3.38. The van der Waals surface area contributed by atoms with E-state index in [0.29, 0.717) is 5.91 Å². The number of benzene rings is 1. The molecule has 1 aromatic heterocycles. The van der Waals surface area contributed by atoms with E-state index in [0.717, 1.165) is 62.2 Å². The second-order valence-corrected chi connectivity index (χ2v) is 8.30. The first kappa shape index (κ1) is 19.7. The van der Waals surface area contributed by atoms with Crippen LogP contribution in [0.5, 0.6) is 0 Å². The lowest BCUT2D eigenvalue weighted by atomic mass is 9.88. The van der Waals surface area contributed by atoms with E-state index >= 15 is 0 Å². The molecule has 0 unspecified atom stereocenters. The van der Waals surface area contributed by atoms with Crippen molar-refractivity contribution >= 4 is 23.2 Å². The number of piperazine rings is 1. The van der Waals surface area contributed by atoms with Gasteiger partial charge in [-0.15, -0.1) is 0 Å². The van der Waals surface area contributed by atoms with Crippen molar-refractivity contribution in [3.8, 4) is 0 Å². The zero-order valence-electron chi connectivity index (χ0n) is 17.5. The predicted octanol–water partition coefficient (Wildman–Crippen LogP) is 4.07. The van der Waals surface area contributed by atoms with Crippen molar-refractivity contribution in [1.29, 1.82) is 0 Å². The molecule has 2 heterocycles. The third-order valence-corrected chi connectivity index (χ3v) is 6.02. The molecule has 1 saturated carbocycles. The fourth-order valence-electron chi connectivity index (χ4n) is 4.33. The van der Waals surface area contributed by atoms with E-state index < -0.39 is 0 Å². The molecule has 6 heteroatoms. The fraction of sp³-hybridized carbons (Fsp3) is 0.522. The Morgan fingerprint density at radius 1 is 0.966 bits per heavy atom. The number of rotatable bonds is 4. The summed E-state index contributed by atoms with van der Waals surface area (Å²) in [6, 6.07) is 10.3. The van der Waals surface area contributed by atoms with Crippen LogP contribution in [0.1, 0.15) is 43.5 Å². The molecule has 0 atom stereocenters. The molecule has 1 aliphatic heterocycles. The molecule has 1 N–H and O–H groups in total. The molecule has 1 aliphatic carbocycles. The van der Waals surface area contributed by atoms with Gasteiger partial charge >= 0.3 is 0 Å². The van der Waals surface area contributed by atoms with E-state index in [9.17, 15) is 4.79 Å².